The molecule has 2 nitrogen and oxygen atoms in total. The maximum atomic E-state index is 6.01. The largest absolute Gasteiger partial charge is 0.454 e. The number of nitrogens with zero attached hydrogens (tertiary/aromatic N) is 1. The molecule has 0 saturated carbocycles. The van der Waals surface area contributed by atoms with Crippen molar-refractivity contribution in [1.82, 2.24) is 4.98 Å². The Bertz CT molecular complexity index is 1010. The van der Waals surface area contributed by atoms with Gasteiger partial charge in [-0.15, -0.1) is 0 Å². The Kier molecular flexibility index (Phi) is 3.69. The maximum absolute atomic E-state index is 6.01. The molecule has 2 aromatic carbocycles. The standard InChI is InChI=1S/C23H21NO/c1-23(2,3)19-11-9-17(10-12-19)21-14-18-13-20(24-15-22(18)25-21)16-7-5-4-6-8-16/h4-15H,1-3H3. The van der Waals surface area contributed by atoms with Crippen molar-refractivity contribution in [3.8, 4) is 22.6 Å². The average Bonchev–Trinajstić information content (AvgIpc) is 3.05. The van der Waals surface area contributed by atoms with Gasteiger partial charge < -0.3 is 4.42 Å². The van der Waals surface area contributed by atoms with Crippen LogP contribution in [0.3, 0.4) is 0 Å². The number of pyridine rings is 1. The van der Waals surface area contributed by atoms with E-state index in [0.29, 0.717) is 0 Å². The summed E-state index contributed by atoms with van der Waals surface area (Å²) in [5.74, 6) is 0.877. The molecule has 2 heteroatoms. The van der Waals surface area contributed by atoms with Gasteiger partial charge in [0.05, 0.1) is 11.9 Å². The van der Waals surface area contributed by atoms with Crippen molar-refractivity contribution in [3.63, 3.8) is 0 Å². The molecular weight excluding hydrogens is 306 g/mol. The summed E-state index contributed by atoms with van der Waals surface area (Å²) in [6.45, 7) is 6.67. The summed E-state index contributed by atoms with van der Waals surface area (Å²) in [7, 11) is 0. The summed E-state index contributed by atoms with van der Waals surface area (Å²) in [5.41, 5.74) is 5.45. The fraction of sp³-hybridized carbons (Fsp3) is 0.174. The quantitative estimate of drug-likeness (QED) is 0.422. The summed E-state index contributed by atoms with van der Waals surface area (Å²) in [6.07, 6.45) is 1.81. The summed E-state index contributed by atoms with van der Waals surface area (Å²) >= 11 is 0. The molecule has 0 spiro atoms. The van der Waals surface area contributed by atoms with Gasteiger partial charge in [-0.2, -0.15) is 0 Å². The molecule has 0 fully saturated rings. The van der Waals surface area contributed by atoms with Gasteiger partial charge in [-0.05, 0) is 23.1 Å². The Morgan fingerprint density at radius 2 is 1.52 bits per heavy atom. The normalized spacial score (nSPS) is 11.8. The van der Waals surface area contributed by atoms with Crippen molar-refractivity contribution in [2.75, 3.05) is 0 Å². The summed E-state index contributed by atoms with van der Waals surface area (Å²) in [6, 6.07) is 23.0. The zero-order valence-electron chi connectivity index (χ0n) is 14.8. The zero-order chi connectivity index (χ0) is 17.4. The van der Waals surface area contributed by atoms with Gasteiger partial charge in [-0.25, -0.2) is 0 Å². The highest BCUT2D eigenvalue weighted by Crippen LogP contribution is 2.31. The van der Waals surface area contributed by atoms with Gasteiger partial charge in [-0.1, -0.05) is 75.4 Å². The second-order valence-corrected chi connectivity index (χ2v) is 7.41. The van der Waals surface area contributed by atoms with E-state index in [0.717, 1.165) is 33.6 Å². The molecule has 0 aliphatic carbocycles. The Hall–Kier alpha value is -2.87. The molecule has 2 aromatic heterocycles. The van der Waals surface area contributed by atoms with E-state index in [1.54, 1.807) is 0 Å². The fourth-order valence-electron chi connectivity index (χ4n) is 2.99. The van der Waals surface area contributed by atoms with Crippen molar-refractivity contribution in [3.05, 3.63) is 78.5 Å². The molecule has 4 rings (SSSR count). The van der Waals surface area contributed by atoms with E-state index in [9.17, 15) is 0 Å². The second kappa shape index (κ2) is 5.89. The predicted octanol–water partition coefficient (Wildman–Crippen LogP) is 6.46. The van der Waals surface area contributed by atoms with Crippen LogP contribution in [-0.2, 0) is 5.41 Å². The molecule has 0 saturated heterocycles. The first-order valence-electron chi connectivity index (χ1n) is 8.57. The maximum Gasteiger partial charge on any atom is 0.153 e. The highest BCUT2D eigenvalue weighted by Gasteiger charge is 2.14. The molecule has 25 heavy (non-hydrogen) atoms. The Morgan fingerprint density at radius 1 is 0.800 bits per heavy atom. The van der Waals surface area contributed by atoms with Crippen LogP contribution in [0.4, 0.5) is 0 Å². The van der Waals surface area contributed by atoms with Crippen molar-refractivity contribution >= 4 is 11.0 Å². The van der Waals surface area contributed by atoms with Crippen LogP contribution >= 0.6 is 0 Å². The van der Waals surface area contributed by atoms with Crippen LogP contribution in [-0.4, -0.2) is 4.98 Å². The molecule has 0 bridgehead atoms. The van der Waals surface area contributed by atoms with E-state index < -0.39 is 0 Å². The first kappa shape index (κ1) is 15.6. The zero-order valence-corrected chi connectivity index (χ0v) is 14.8. The minimum Gasteiger partial charge on any atom is -0.454 e. The third kappa shape index (κ3) is 3.08. The van der Waals surface area contributed by atoms with Gasteiger partial charge in [0.1, 0.15) is 5.76 Å². The van der Waals surface area contributed by atoms with Gasteiger partial charge in [0.2, 0.25) is 0 Å². The molecule has 0 aliphatic heterocycles. The lowest BCUT2D eigenvalue weighted by atomic mass is 9.86. The average molecular weight is 327 g/mol. The molecule has 0 radical (unpaired) electrons. The molecule has 124 valence electrons. The lowest BCUT2D eigenvalue weighted by Gasteiger charge is -2.18. The number of benzene rings is 2. The lowest BCUT2D eigenvalue weighted by Crippen LogP contribution is -2.10. The van der Waals surface area contributed by atoms with Crippen molar-refractivity contribution < 1.29 is 4.42 Å². The highest BCUT2D eigenvalue weighted by atomic mass is 16.3. The lowest BCUT2D eigenvalue weighted by molar-refractivity contribution is 0.590. The first-order valence-corrected chi connectivity index (χ1v) is 8.57. The van der Waals surface area contributed by atoms with Gasteiger partial charge in [0.25, 0.3) is 0 Å². The Labute approximate surface area is 148 Å². The van der Waals surface area contributed by atoms with Gasteiger partial charge in [0.15, 0.2) is 5.58 Å². The fourth-order valence-corrected chi connectivity index (χ4v) is 2.99. The van der Waals surface area contributed by atoms with Gasteiger partial charge >= 0.3 is 0 Å². The van der Waals surface area contributed by atoms with Crippen LogP contribution in [0.2, 0.25) is 0 Å². The summed E-state index contributed by atoms with van der Waals surface area (Å²) in [5, 5.41) is 1.07. The number of fused-ring (bicyclic) bond motifs is 1. The number of aromatic nitrogens is 1. The molecule has 2 heterocycles. The molecule has 0 atom stereocenters. The number of rotatable bonds is 2. The summed E-state index contributed by atoms with van der Waals surface area (Å²) < 4.78 is 6.01. The predicted molar refractivity (Wildman–Crippen MR) is 104 cm³/mol. The molecule has 0 aliphatic rings. The van der Waals surface area contributed by atoms with E-state index in [2.05, 4.69) is 74.3 Å². The minimum absolute atomic E-state index is 0.154. The van der Waals surface area contributed by atoms with Crippen molar-refractivity contribution in [2.45, 2.75) is 26.2 Å². The SMILES string of the molecule is CC(C)(C)c1ccc(-c2cc3cc(-c4ccccc4)ncc3o2)cc1. The molecule has 4 aromatic rings. The van der Waals surface area contributed by atoms with Crippen molar-refractivity contribution in [1.29, 1.82) is 0 Å². The highest BCUT2D eigenvalue weighted by molar-refractivity contribution is 5.85. The first-order chi connectivity index (χ1) is 12.0. The van der Waals surface area contributed by atoms with E-state index in [-0.39, 0.29) is 5.41 Å². The van der Waals surface area contributed by atoms with E-state index in [1.165, 1.54) is 5.56 Å². The van der Waals surface area contributed by atoms with Crippen LogP contribution in [0.5, 0.6) is 0 Å². The van der Waals surface area contributed by atoms with Crippen LogP contribution in [0.1, 0.15) is 26.3 Å². The smallest absolute Gasteiger partial charge is 0.153 e. The number of hydrogen-bond acceptors (Lipinski definition) is 2. The van der Waals surface area contributed by atoms with Gasteiger partial charge in [0, 0.05) is 16.5 Å². The molecule has 0 N–H and O–H groups in total. The minimum atomic E-state index is 0.154. The van der Waals surface area contributed by atoms with Gasteiger partial charge in [-0.3, -0.25) is 4.98 Å². The van der Waals surface area contributed by atoms with Crippen LogP contribution in [0.25, 0.3) is 33.6 Å². The number of furan rings is 1. The Morgan fingerprint density at radius 3 is 2.20 bits per heavy atom. The molecular formula is C23H21NO. The van der Waals surface area contributed by atoms with Crippen LogP contribution < -0.4 is 0 Å². The topological polar surface area (TPSA) is 26.0 Å². The Balaban J connectivity index is 1.72. The molecule has 0 amide bonds. The molecule has 0 unspecified atom stereocenters. The van der Waals surface area contributed by atoms with E-state index >= 15 is 0 Å². The van der Waals surface area contributed by atoms with E-state index in [4.69, 9.17) is 4.42 Å². The summed E-state index contributed by atoms with van der Waals surface area (Å²) in [4.78, 5) is 4.54. The third-order valence-corrected chi connectivity index (χ3v) is 4.51. The number of hydrogen-bond donors (Lipinski definition) is 0. The third-order valence-electron chi connectivity index (χ3n) is 4.51. The van der Waals surface area contributed by atoms with Crippen molar-refractivity contribution in [2.24, 2.45) is 0 Å². The second-order valence-electron chi connectivity index (χ2n) is 7.41. The van der Waals surface area contributed by atoms with Crippen LogP contribution in [0.15, 0.2) is 77.3 Å². The van der Waals surface area contributed by atoms with E-state index in [1.807, 2.05) is 24.4 Å². The van der Waals surface area contributed by atoms with Crippen LogP contribution in [0, 0.1) is 0 Å². The monoisotopic (exact) mass is 327 g/mol.